The first kappa shape index (κ1) is 19.7. The molecule has 1 saturated carbocycles. The number of amides is 2. The van der Waals surface area contributed by atoms with Gasteiger partial charge in [-0.25, -0.2) is 0 Å². The van der Waals surface area contributed by atoms with E-state index in [9.17, 15) is 9.59 Å². The molecule has 0 radical (unpaired) electrons. The summed E-state index contributed by atoms with van der Waals surface area (Å²) in [5, 5.41) is 0. The topological polar surface area (TPSA) is 53.1 Å². The molecule has 1 aliphatic carbocycles. The predicted molar refractivity (Wildman–Crippen MR) is 105 cm³/mol. The number of hydrogen-bond donors (Lipinski definition) is 0. The van der Waals surface area contributed by atoms with E-state index in [4.69, 9.17) is 4.74 Å². The van der Waals surface area contributed by atoms with Crippen LogP contribution in [0.2, 0.25) is 0 Å². The first-order chi connectivity index (χ1) is 13.1. The molecule has 0 atom stereocenters. The van der Waals surface area contributed by atoms with Crippen molar-refractivity contribution in [2.24, 2.45) is 0 Å². The van der Waals surface area contributed by atoms with Gasteiger partial charge >= 0.3 is 0 Å². The molecule has 2 fully saturated rings. The van der Waals surface area contributed by atoms with Crippen molar-refractivity contribution in [1.29, 1.82) is 0 Å². The van der Waals surface area contributed by atoms with Gasteiger partial charge in [-0.05, 0) is 37.1 Å². The number of carbonyl (C=O) groups is 2. The lowest BCUT2D eigenvalue weighted by molar-refractivity contribution is -0.134. The van der Waals surface area contributed by atoms with Gasteiger partial charge in [-0.3, -0.25) is 14.5 Å². The minimum Gasteiger partial charge on any atom is -0.497 e. The third-order valence-corrected chi connectivity index (χ3v) is 5.87. The van der Waals surface area contributed by atoms with Crippen molar-refractivity contribution in [1.82, 2.24) is 14.7 Å². The van der Waals surface area contributed by atoms with Crippen LogP contribution in [0.5, 0.6) is 5.75 Å². The number of likely N-dealkylation sites (N-methyl/N-ethyl adjacent to an activating group) is 1. The fraction of sp³-hybridized carbons (Fsp3) is 0.619. The molecule has 0 N–H and O–H groups in total. The molecule has 3 rings (SSSR count). The van der Waals surface area contributed by atoms with E-state index in [1.807, 2.05) is 29.0 Å². The maximum absolute atomic E-state index is 12.6. The van der Waals surface area contributed by atoms with Crippen LogP contribution in [0, 0.1) is 0 Å². The highest BCUT2D eigenvalue weighted by atomic mass is 16.5. The van der Waals surface area contributed by atoms with Crippen molar-refractivity contribution in [3.05, 3.63) is 29.8 Å². The molecule has 0 spiro atoms. The Labute approximate surface area is 162 Å². The number of benzene rings is 1. The van der Waals surface area contributed by atoms with E-state index in [0.717, 1.165) is 31.7 Å². The number of hydrogen-bond acceptors (Lipinski definition) is 4. The highest BCUT2D eigenvalue weighted by Crippen LogP contribution is 2.22. The number of carbonyl (C=O) groups excluding carboxylic acids is 2. The molecular weight excluding hydrogens is 342 g/mol. The molecule has 6 nitrogen and oxygen atoms in total. The lowest BCUT2D eigenvalue weighted by Gasteiger charge is -2.37. The molecule has 1 aliphatic heterocycles. The third kappa shape index (κ3) is 5.01. The minimum atomic E-state index is 0.0444. The third-order valence-electron chi connectivity index (χ3n) is 5.87. The molecule has 1 aromatic rings. The van der Waals surface area contributed by atoms with Crippen molar-refractivity contribution in [2.45, 2.75) is 38.1 Å². The van der Waals surface area contributed by atoms with Gasteiger partial charge in [0.25, 0.3) is 5.91 Å². The number of nitrogens with zero attached hydrogens (tertiary/aromatic N) is 3. The first-order valence-corrected chi connectivity index (χ1v) is 10.00. The molecule has 2 aliphatic rings. The Morgan fingerprint density at radius 3 is 2.26 bits per heavy atom. The zero-order chi connectivity index (χ0) is 19.2. The van der Waals surface area contributed by atoms with Gasteiger partial charge < -0.3 is 14.5 Å². The molecule has 1 aromatic carbocycles. The predicted octanol–water partition coefficient (Wildman–Crippen LogP) is 2.24. The number of ether oxygens (including phenoxy) is 1. The van der Waals surface area contributed by atoms with Crippen LogP contribution >= 0.6 is 0 Å². The fourth-order valence-corrected chi connectivity index (χ4v) is 4.00. The number of piperazine rings is 1. The van der Waals surface area contributed by atoms with E-state index in [0.29, 0.717) is 31.2 Å². The lowest BCUT2D eigenvalue weighted by Crippen LogP contribution is -2.52. The fourth-order valence-electron chi connectivity index (χ4n) is 4.00. The van der Waals surface area contributed by atoms with Crippen LogP contribution in [0.4, 0.5) is 0 Å². The zero-order valence-corrected chi connectivity index (χ0v) is 16.5. The van der Waals surface area contributed by atoms with Gasteiger partial charge in [-0.2, -0.15) is 0 Å². The monoisotopic (exact) mass is 373 g/mol. The van der Waals surface area contributed by atoms with Crippen LogP contribution in [0.25, 0.3) is 0 Å². The van der Waals surface area contributed by atoms with Crippen LogP contribution in [0.3, 0.4) is 0 Å². The van der Waals surface area contributed by atoms with E-state index in [1.54, 1.807) is 19.2 Å². The molecule has 0 bridgehead atoms. The molecule has 0 aromatic heterocycles. The summed E-state index contributed by atoms with van der Waals surface area (Å²) in [7, 11) is 3.56. The Hall–Kier alpha value is -2.08. The normalized spacial score (nSPS) is 19.0. The van der Waals surface area contributed by atoms with Crippen molar-refractivity contribution in [2.75, 3.05) is 46.9 Å². The minimum absolute atomic E-state index is 0.0444. The van der Waals surface area contributed by atoms with E-state index < -0.39 is 0 Å². The van der Waals surface area contributed by atoms with Gasteiger partial charge in [0, 0.05) is 44.8 Å². The molecule has 148 valence electrons. The molecule has 2 amide bonds. The smallest absolute Gasteiger partial charge is 0.253 e. The second kappa shape index (κ2) is 9.22. The van der Waals surface area contributed by atoms with Crippen LogP contribution in [-0.4, -0.2) is 79.4 Å². The second-order valence-electron chi connectivity index (χ2n) is 7.59. The second-order valence-corrected chi connectivity index (χ2v) is 7.59. The molecule has 6 heteroatoms. The Morgan fingerprint density at radius 1 is 1.04 bits per heavy atom. The number of methoxy groups -OCH3 is 1. The first-order valence-electron chi connectivity index (χ1n) is 10.00. The highest BCUT2D eigenvalue weighted by molar-refractivity contribution is 5.94. The van der Waals surface area contributed by atoms with Crippen LogP contribution in [0.15, 0.2) is 24.3 Å². The summed E-state index contributed by atoms with van der Waals surface area (Å²) in [5.74, 6) is 0.997. The molecular formula is C21H31N3O3. The highest BCUT2D eigenvalue weighted by Gasteiger charge is 2.26. The molecule has 1 saturated heterocycles. The average molecular weight is 373 g/mol. The average Bonchev–Trinajstić information content (AvgIpc) is 2.74. The SMILES string of the molecule is COc1ccc(C(=O)N2CCN(CC(=O)N(C)C3CCCCC3)CC2)cc1. The summed E-state index contributed by atoms with van der Waals surface area (Å²) in [6, 6.07) is 7.63. The van der Waals surface area contributed by atoms with Crippen LogP contribution < -0.4 is 4.74 Å². The number of rotatable bonds is 5. The summed E-state index contributed by atoms with van der Waals surface area (Å²) >= 11 is 0. The summed E-state index contributed by atoms with van der Waals surface area (Å²) in [4.78, 5) is 31.2. The molecule has 27 heavy (non-hydrogen) atoms. The zero-order valence-electron chi connectivity index (χ0n) is 16.5. The van der Waals surface area contributed by atoms with E-state index in [-0.39, 0.29) is 11.8 Å². The maximum atomic E-state index is 12.6. The van der Waals surface area contributed by atoms with Crippen molar-refractivity contribution in [3.63, 3.8) is 0 Å². The van der Waals surface area contributed by atoms with Gasteiger partial charge in [0.1, 0.15) is 5.75 Å². The van der Waals surface area contributed by atoms with E-state index in [2.05, 4.69) is 4.90 Å². The lowest BCUT2D eigenvalue weighted by atomic mass is 9.94. The van der Waals surface area contributed by atoms with Gasteiger partial charge in [-0.1, -0.05) is 19.3 Å². The standard InChI is InChI=1S/C21H31N3O3/c1-22(18-6-4-3-5-7-18)20(25)16-23-12-14-24(15-13-23)21(26)17-8-10-19(27-2)11-9-17/h8-11,18H,3-7,12-16H2,1-2H3. The van der Waals surface area contributed by atoms with Crippen molar-refractivity contribution < 1.29 is 14.3 Å². The Balaban J connectivity index is 1.46. The summed E-state index contributed by atoms with van der Waals surface area (Å²) in [6.07, 6.45) is 6.02. The van der Waals surface area contributed by atoms with Gasteiger partial charge in [0.15, 0.2) is 0 Å². The van der Waals surface area contributed by atoms with Gasteiger partial charge in [0.05, 0.1) is 13.7 Å². The van der Waals surface area contributed by atoms with Crippen LogP contribution in [-0.2, 0) is 4.79 Å². The summed E-state index contributed by atoms with van der Waals surface area (Å²) < 4.78 is 5.14. The largest absolute Gasteiger partial charge is 0.497 e. The van der Waals surface area contributed by atoms with E-state index >= 15 is 0 Å². The Morgan fingerprint density at radius 2 is 1.67 bits per heavy atom. The molecule has 0 unspecified atom stereocenters. The Kier molecular flexibility index (Phi) is 6.72. The maximum Gasteiger partial charge on any atom is 0.253 e. The quantitative estimate of drug-likeness (QED) is 0.794. The van der Waals surface area contributed by atoms with Crippen LogP contribution in [0.1, 0.15) is 42.5 Å². The molecule has 1 heterocycles. The summed E-state index contributed by atoms with van der Waals surface area (Å²) in [6.45, 7) is 3.26. The van der Waals surface area contributed by atoms with Crippen molar-refractivity contribution >= 4 is 11.8 Å². The van der Waals surface area contributed by atoms with E-state index in [1.165, 1.54) is 19.3 Å². The summed E-state index contributed by atoms with van der Waals surface area (Å²) in [5.41, 5.74) is 0.678. The Bertz CT molecular complexity index is 633. The van der Waals surface area contributed by atoms with Gasteiger partial charge in [0.2, 0.25) is 5.91 Å². The van der Waals surface area contributed by atoms with Crippen molar-refractivity contribution in [3.8, 4) is 5.75 Å². The van der Waals surface area contributed by atoms with Gasteiger partial charge in [-0.15, -0.1) is 0 Å².